The number of aromatic nitrogens is 2. The van der Waals surface area contributed by atoms with Crippen LogP contribution in [-0.2, 0) is 19.5 Å². The van der Waals surface area contributed by atoms with Gasteiger partial charge in [0, 0.05) is 17.3 Å². The van der Waals surface area contributed by atoms with Crippen molar-refractivity contribution in [2.45, 2.75) is 51.6 Å². The second kappa shape index (κ2) is 10.4. The van der Waals surface area contributed by atoms with Crippen LogP contribution in [-0.4, -0.2) is 53.7 Å². The number of thiazole rings is 1. The Kier molecular flexibility index (Phi) is 7.14. The molecule has 7 nitrogen and oxygen atoms in total. The minimum Gasteiger partial charge on any atom is -0.493 e. The van der Waals surface area contributed by atoms with Crippen LogP contribution in [0.25, 0.3) is 11.0 Å². The number of piperidine rings is 1. The van der Waals surface area contributed by atoms with E-state index in [1.165, 1.54) is 25.7 Å². The van der Waals surface area contributed by atoms with Crippen molar-refractivity contribution < 1.29 is 9.26 Å². The van der Waals surface area contributed by atoms with Crippen molar-refractivity contribution >= 4 is 22.3 Å². The number of hydrogen-bond donors (Lipinski definition) is 0. The zero-order valence-electron chi connectivity index (χ0n) is 20.1. The Labute approximate surface area is 205 Å². The lowest BCUT2D eigenvalue weighted by atomic mass is 9.91. The molecular weight excluding hydrogens is 446 g/mol. The van der Waals surface area contributed by atoms with E-state index < -0.39 is 0 Å². The largest absolute Gasteiger partial charge is 0.493 e. The van der Waals surface area contributed by atoms with Crippen LogP contribution < -0.4 is 4.74 Å². The molecule has 0 N–H and O–H groups in total. The molecule has 0 radical (unpaired) electrons. The summed E-state index contributed by atoms with van der Waals surface area (Å²) in [6, 6.07) is 6.36. The van der Waals surface area contributed by atoms with Crippen LogP contribution >= 0.6 is 11.3 Å². The first-order valence-electron chi connectivity index (χ1n) is 12.3. The number of likely N-dealkylation sites (tertiary alicyclic amines) is 1. The van der Waals surface area contributed by atoms with Crippen molar-refractivity contribution in [2.24, 2.45) is 11.8 Å². The summed E-state index contributed by atoms with van der Waals surface area (Å²) >= 11 is 1.59. The molecule has 0 bridgehead atoms. The molecule has 5 rings (SSSR count). The van der Waals surface area contributed by atoms with Crippen LogP contribution in [0.4, 0.5) is 0 Å². The van der Waals surface area contributed by atoms with Gasteiger partial charge in [-0.2, -0.15) is 5.26 Å². The van der Waals surface area contributed by atoms with E-state index in [0.717, 1.165) is 84.5 Å². The van der Waals surface area contributed by atoms with Crippen LogP contribution in [0.3, 0.4) is 0 Å². The van der Waals surface area contributed by atoms with Crippen molar-refractivity contribution in [1.82, 2.24) is 19.9 Å². The first kappa shape index (κ1) is 23.3. The minimum atomic E-state index is 0.532. The predicted molar refractivity (Wildman–Crippen MR) is 133 cm³/mol. The summed E-state index contributed by atoms with van der Waals surface area (Å²) in [5.41, 5.74) is 3.59. The highest BCUT2D eigenvalue weighted by Gasteiger charge is 2.25. The van der Waals surface area contributed by atoms with E-state index >= 15 is 0 Å². The minimum absolute atomic E-state index is 0.532. The molecule has 2 aromatic heterocycles. The molecule has 0 unspecified atom stereocenters. The Hall–Kier alpha value is -2.47. The van der Waals surface area contributed by atoms with Crippen LogP contribution in [0.5, 0.6) is 5.75 Å². The van der Waals surface area contributed by atoms with Gasteiger partial charge >= 0.3 is 0 Å². The van der Waals surface area contributed by atoms with E-state index in [1.54, 1.807) is 11.3 Å². The fraction of sp³-hybridized carbons (Fsp3) is 0.577. The van der Waals surface area contributed by atoms with Gasteiger partial charge in [0.1, 0.15) is 16.8 Å². The number of aryl methyl sites for hydroxylation is 1. The van der Waals surface area contributed by atoms with Gasteiger partial charge < -0.3 is 14.2 Å². The highest BCUT2D eigenvalue weighted by molar-refractivity contribution is 7.09. The summed E-state index contributed by atoms with van der Waals surface area (Å²) in [4.78, 5) is 8.99. The molecule has 3 aromatic rings. The number of nitriles is 1. The highest BCUT2D eigenvalue weighted by atomic mass is 32.1. The van der Waals surface area contributed by atoms with Gasteiger partial charge in [0.2, 0.25) is 0 Å². The maximum absolute atomic E-state index is 8.97. The van der Waals surface area contributed by atoms with Gasteiger partial charge in [-0.25, -0.2) is 4.98 Å². The van der Waals surface area contributed by atoms with E-state index in [1.807, 2.05) is 5.38 Å². The summed E-state index contributed by atoms with van der Waals surface area (Å²) < 4.78 is 12.0. The highest BCUT2D eigenvalue weighted by Crippen LogP contribution is 2.35. The van der Waals surface area contributed by atoms with E-state index in [4.69, 9.17) is 14.5 Å². The van der Waals surface area contributed by atoms with Gasteiger partial charge in [0.15, 0.2) is 11.3 Å². The molecule has 1 saturated heterocycles. The second-order valence-electron chi connectivity index (χ2n) is 10.0. The quantitative estimate of drug-likeness (QED) is 0.411. The fourth-order valence-corrected chi connectivity index (χ4v) is 5.53. The average molecular weight is 480 g/mol. The molecule has 2 fully saturated rings. The van der Waals surface area contributed by atoms with Crippen LogP contribution in [0.15, 0.2) is 22.0 Å². The van der Waals surface area contributed by atoms with Gasteiger partial charge in [0.05, 0.1) is 24.4 Å². The Balaban J connectivity index is 1.18. The Bertz CT molecular complexity index is 1150. The van der Waals surface area contributed by atoms with Gasteiger partial charge in [0.25, 0.3) is 0 Å². The van der Waals surface area contributed by atoms with Crippen LogP contribution in [0.2, 0.25) is 0 Å². The molecule has 0 spiro atoms. The third-order valence-corrected chi connectivity index (χ3v) is 7.78. The zero-order valence-corrected chi connectivity index (χ0v) is 20.9. The Morgan fingerprint density at radius 1 is 1.21 bits per heavy atom. The molecule has 8 heteroatoms. The Morgan fingerprint density at radius 2 is 2.03 bits per heavy atom. The summed E-state index contributed by atoms with van der Waals surface area (Å²) in [5.74, 6) is 2.36. The third kappa shape index (κ3) is 5.60. The van der Waals surface area contributed by atoms with Gasteiger partial charge in [-0.15, -0.1) is 11.3 Å². The molecule has 34 heavy (non-hydrogen) atoms. The first-order chi connectivity index (χ1) is 16.6. The number of ether oxygens (including phenoxy) is 1. The molecule has 180 valence electrons. The van der Waals surface area contributed by atoms with Gasteiger partial charge in [-0.1, -0.05) is 5.16 Å². The smallest absolute Gasteiger partial charge is 0.175 e. The van der Waals surface area contributed by atoms with Crippen LogP contribution in [0, 0.1) is 23.2 Å². The predicted octanol–water partition coefficient (Wildman–Crippen LogP) is 4.85. The molecule has 2 aliphatic rings. The number of fused-ring (bicyclic) bond motifs is 1. The van der Waals surface area contributed by atoms with E-state index in [-0.39, 0.29) is 0 Å². The number of nitrogens with zero attached hydrogens (tertiary/aromatic N) is 5. The normalized spacial score (nSPS) is 17.5. The fourth-order valence-electron chi connectivity index (χ4n) is 4.77. The molecule has 1 aromatic carbocycles. The van der Waals surface area contributed by atoms with E-state index in [9.17, 15) is 0 Å². The van der Waals surface area contributed by atoms with Crippen molar-refractivity contribution in [2.75, 3.05) is 33.8 Å². The lowest BCUT2D eigenvalue weighted by Crippen LogP contribution is -2.33. The van der Waals surface area contributed by atoms with Crippen molar-refractivity contribution in [3.05, 3.63) is 39.5 Å². The number of benzene rings is 1. The first-order valence-corrected chi connectivity index (χ1v) is 13.2. The molecule has 1 aliphatic carbocycles. The van der Waals surface area contributed by atoms with E-state index in [2.05, 4.69) is 52.2 Å². The number of rotatable bonds is 10. The average Bonchev–Trinajstić information content (AvgIpc) is 3.40. The van der Waals surface area contributed by atoms with Crippen LogP contribution in [0.1, 0.15) is 54.1 Å². The standard InChI is InChI=1S/C26H33N5O2S/c1-30(2)14-22-24(32-16-19-3-4-19)8-6-21-23(29-33-26(21)22)7-5-18-9-11-31(12-10-18)15-25-28-20(13-27)17-34-25/h6,8,17-19H,3-5,7,9-12,14-16H2,1-2H3. The third-order valence-electron chi connectivity index (χ3n) is 6.94. The SMILES string of the molecule is CN(C)Cc1c(OCC2CC2)ccc2c(CCC3CCN(Cc4nc(C#N)cs4)CC3)noc12. The lowest BCUT2D eigenvalue weighted by molar-refractivity contribution is 0.172. The maximum atomic E-state index is 8.97. The molecule has 0 amide bonds. The maximum Gasteiger partial charge on any atom is 0.175 e. The summed E-state index contributed by atoms with van der Waals surface area (Å²) in [6.45, 7) is 4.60. The van der Waals surface area contributed by atoms with Crippen molar-refractivity contribution in [1.29, 1.82) is 5.26 Å². The van der Waals surface area contributed by atoms with E-state index in [0.29, 0.717) is 11.6 Å². The molecule has 1 aliphatic heterocycles. The molecule has 0 atom stereocenters. The topological polar surface area (TPSA) is 78.4 Å². The number of hydrogen-bond acceptors (Lipinski definition) is 8. The monoisotopic (exact) mass is 479 g/mol. The van der Waals surface area contributed by atoms with Crippen molar-refractivity contribution in [3.63, 3.8) is 0 Å². The summed E-state index contributed by atoms with van der Waals surface area (Å²) in [7, 11) is 4.15. The second-order valence-corrected chi connectivity index (χ2v) is 11.0. The van der Waals surface area contributed by atoms with Crippen molar-refractivity contribution in [3.8, 4) is 11.8 Å². The lowest BCUT2D eigenvalue weighted by Gasteiger charge is -2.31. The van der Waals surface area contributed by atoms with Gasteiger partial charge in [-0.05, 0) is 89.7 Å². The summed E-state index contributed by atoms with van der Waals surface area (Å²) in [5, 5.41) is 17.5. The molecular formula is C26H33N5O2S. The Morgan fingerprint density at radius 3 is 2.74 bits per heavy atom. The zero-order chi connectivity index (χ0) is 23.5. The molecule has 3 heterocycles. The summed E-state index contributed by atoms with van der Waals surface area (Å²) in [6.07, 6.45) is 7.02. The molecule has 1 saturated carbocycles. The van der Waals surface area contributed by atoms with Gasteiger partial charge in [-0.3, -0.25) is 4.90 Å².